The van der Waals surface area contributed by atoms with Crippen LogP contribution in [0.3, 0.4) is 0 Å². The van der Waals surface area contributed by atoms with Gasteiger partial charge in [0.25, 0.3) is 0 Å². The van der Waals surface area contributed by atoms with Crippen molar-refractivity contribution in [1.82, 2.24) is 14.8 Å². The molecule has 33 heavy (non-hydrogen) atoms. The zero-order valence-electron chi connectivity index (χ0n) is 18.2. The quantitative estimate of drug-likeness (QED) is 0.541. The van der Waals surface area contributed by atoms with E-state index in [4.69, 9.17) is 21.1 Å². The number of hydrogen-bond acceptors (Lipinski definition) is 7. The molecule has 0 bridgehead atoms. The van der Waals surface area contributed by atoms with Gasteiger partial charge in [-0.15, -0.1) is 23.1 Å². The van der Waals surface area contributed by atoms with Crippen molar-refractivity contribution in [2.24, 2.45) is 5.92 Å². The van der Waals surface area contributed by atoms with Crippen LogP contribution in [-0.4, -0.2) is 67.8 Å². The highest BCUT2D eigenvalue weighted by Gasteiger charge is 2.49. The lowest BCUT2D eigenvalue weighted by molar-refractivity contribution is -0.146. The number of ether oxygens (including phenoxy) is 2. The smallest absolute Gasteiger partial charge is 0.177 e. The Hall–Kier alpha value is -1.04. The van der Waals surface area contributed by atoms with Crippen LogP contribution in [0.15, 0.2) is 30.9 Å². The summed E-state index contributed by atoms with van der Waals surface area (Å²) in [7, 11) is 0. The average Bonchev–Trinajstić information content (AvgIpc) is 3.44. The molecular weight excluding hydrogens is 492 g/mol. The van der Waals surface area contributed by atoms with Crippen LogP contribution in [0.25, 0.3) is 6.08 Å². The second-order valence-electron chi connectivity index (χ2n) is 8.55. The highest BCUT2D eigenvalue weighted by Crippen LogP contribution is 2.43. The summed E-state index contributed by atoms with van der Waals surface area (Å²) in [6, 6.07) is 3.77. The lowest BCUT2D eigenvalue weighted by atomic mass is 9.73. The Morgan fingerprint density at radius 2 is 2.15 bits per heavy atom. The fourth-order valence-electron chi connectivity index (χ4n) is 4.44. The molecule has 1 aliphatic heterocycles. The molecule has 2 aromatic heterocycles. The lowest BCUT2D eigenvalue weighted by Gasteiger charge is -2.45. The predicted octanol–water partition coefficient (Wildman–Crippen LogP) is 4.78. The minimum Gasteiger partial charge on any atom is -0.386 e. The molecule has 0 spiro atoms. The van der Waals surface area contributed by atoms with E-state index in [0.717, 1.165) is 9.21 Å². The standard InChI is InChI=1S/C22H28ClF2N3O3S2/c1-14(32-17-9-30-21(31-10-17)7-4-16-3-6-20(23)33-16)22(29,11-28-13-26-12-27-28)18-5-2-15(24)8-19(18)25/h3-4,6-7,12-15,17-19,21,29H,2,5,8-11H2,1H3/b7-4+. The average molecular weight is 520 g/mol. The summed E-state index contributed by atoms with van der Waals surface area (Å²) in [6.07, 6.45) is 3.97. The molecule has 1 aliphatic carbocycles. The van der Waals surface area contributed by atoms with E-state index in [2.05, 4.69) is 10.1 Å². The number of nitrogens with zero attached hydrogens (tertiary/aromatic N) is 3. The van der Waals surface area contributed by atoms with Crippen LogP contribution < -0.4 is 0 Å². The van der Waals surface area contributed by atoms with E-state index in [1.54, 1.807) is 0 Å². The summed E-state index contributed by atoms with van der Waals surface area (Å²) in [6.45, 7) is 2.84. The normalized spacial score (nSPS) is 31.5. The summed E-state index contributed by atoms with van der Waals surface area (Å²) < 4.78 is 42.6. The Bertz CT molecular complexity index is 911. The van der Waals surface area contributed by atoms with Crippen LogP contribution in [0.5, 0.6) is 0 Å². The number of halogens is 3. The first-order valence-electron chi connectivity index (χ1n) is 11.0. The van der Waals surface area contributed by atoms with Crippen molar-refractivity contribution in [3.8, 4) is 0 Å². The third kappa shape index (κ3) is 6.35. The van der Waals surface area contributed by atoms with E-state index in [1.165, 1.54) is 40.4 Å². The molecule has 4 rings (SSSR count). The topological polar surface area (TPSA) is 69.4 Å². The molecule has 5 atom stereocenters. The number of alkyl halides is 2. The van der Waals surface area contributed by atoms with E-state index in [-0.39, 0.29) is 36.3 Å². The maximum atomic E-state index is 14.9. The zero-order valence-corrected chi connectivity index (χ0v) is 20.6. The molecule has 2 fully saturated rings. The van der Waals surface area contributed by atoms with Crippen LogP contribution in [0, 0.1) is 5.92 Å². The number of rotatable bonds is 8. The molecule has 2 aliphatic rings. The van der Waals surface area contributed by atoms with Gasteiger partial charge in [0.15, 0.2) is 6.29 Å². The maximum absolute atomic E-state index is 14.9. The van der Waals surface area contributed by atoms with E-state index in [9.17, 15) is 13.9 Å². The number of hydrogen-bond donors (Lipinski definition) is 1. The van der Waals surface area contributed by atoms with Gasteiger partial charge in [0.2, 0.25) is 0 Å². The van der Waals surface area contributed by atoms with E-state index < -0.39 is 30.2 Å². The molecule has 1 saturated heterocycles. The van der Waals surface area contributed by atoms with Gasteiger partial charge in [-0.1, -0.05) is 18.5 Å². The molecule has 11 heteroatoms. The largest absolute Gasteiger partial charge is 0.386 e. The third-order valence-electron chi connectivity index (χ3n) is 6.24. The van der Waals surface area contributed by atoms with Gasteiger partial charge in [-0.2, -0.15) is 5.10 Å². The van der Waals surface area contributed by atoms with Crippen LogP contribution >= 0.6 is 34.7 Å². The Morgan fingerprint density at radius 1 is 1.36 bits per heavy atom. The first kappa shape index (κ1) is 25.1. The molecule has 0 radical (unpaired) electrons. The fourth-order valence-corrected chi connectivity index (χ4v) is 6.79. The third-order valence-corrected chi connectivity index (χ3v) is 8.91. The second-order valence-corrected chi connectivity index (χ2v) is 11.9. The van der Waals surface area contributed by atoms with Gasteiger partial charge in [0.05, 0.1) is 29.3 Å². The van der Waals surface area contributed by atoms with Crippen molar-refractivity contribution in [2.45, 2.75) is 67.5 Å². The van der Waals surface area contributed by atoms with Crippen molar-refractivity contribution in [1.29, 1.82) is 0 Å². The highest BCUT2D eigenvalue weighted by atomic mass is 35.5. The van der Waals surface area contributed by atoms with Crippen LogP contribution in [-0.2, 0) is 16.0 Å². The Kier molecular flexibility index (Phi) is 8.46. The van der Waals surface area contributed by atoms with Crippen molar-refractivity contribution in [2.75, 3.05) is 13.2 Å². The van der Waals surface area contributed by atoms with Crippen LogP contribution in [0.4, 0.5) is 8.78 Å². The molecule has 182 valence electrons. The first-order valence-corrected chi connectivity index (χ1v) is 13.1. The maximum Gasteiger partial charge on any atom is 0.177 e. The van der Waals surface area contributed by atoms with E-state index >= 15 is 0 Å². The monoisotopic (exact) mass is 519 g/mol. The predicted molar refractivity (Wildman–Crippen MR) is 127 cm³/mol. The molecule has 3 heterocycles. The minimum atomic E-state index is -1.42. The Labute approximate surface area is 205 Å². The number of thioether (sulfide) groups is 1. The number of aliphatic hydroxyl groups is 1. The summed E-state index contributed by atoms with van der Waals surface area (Å²) in [5.41, 5.74) is -1.42. The van der Waals surface area contributed by atoms with Crippen molar-refractivity contribution >= 4 is 40.8 Å². The van der Waals surface area contributed by atoms with Crippen molar-refractivity contribution < 1.29 is 23.4 Å². The Balaban J connectivity index is 1.37. The van der Waals surface area contributed by atoms with Gasteiger partial charge in [-0.25, -0.2) is 13.8 Å². The van der Waals surface area contributed by atoms with E-state index in [0.29, 0.717) is 13.2 Å². The molecule has 1 N–H and O–H groups in total. The van der Waals surface area contributed by atoms with Gasteiger partial charge in [0, 0.05) is 22.5 Å². The summed E-state index contributed by atoms with van der Waals surface area (Å²) in [5.74, 6) is -0.685. The zero-order chi connectivity index (χ0) is 23.4. The molecule has 6 nitrogen and oxygen atoms in total. The van der Waals surface area contributed by atoms with Gasteiger partial charge < -0.3 is 14.6 Å². The van der Waals surface area contributed by atoms with Gasteiger partial charge in [0.1, 0.15) is 30.6 Å². The fraction of sp³-hybridized carbons (Fsp3) is 0.636. The van der Waals surface area contributed by atoms with Gasteiger partial charge in [-0.05, 0) is 37.1 Å². The lowest BCUT2D eigenvalue weighted by Crippen LogP contribution is -2.55. The second kappa shape index (κ2) is 11.1. The molecule has 0 aromatic carbocycles. The van der Waals surface area contributed by atoms with Gasteiger partial charge >= 0.3 is 0 Å². The highest BCUT2D eigenvalue weighted by molar-refractivity contribution is 8.00. The van der Waals surface area contributed by atoms with Crippen LogP contribution in [0.1, 0.15) is 31.1 Å². The van der Waals surface area contributed by atoms with Crippen molar-refractivity contribution in [3.05, 3.63) is 40.1 Å². The molecule has 0 amide bonds. The van der Waals surface area contributed by atoms with E-state index in [1.807, 2.05) is 31.2 Å². The molecule has 5 unspecified atom stereocenters. The summed E-state index contributed by atoms with van der Waals surface area (Å²) in [4.78, 5) is 4.95. The first-order chi connectivity index (χ1) is 15.8. The summed E-state index contributed by atoms with van der Waals surface area (Å²) in [5, 5.41) is 15.5. The molecular formula is C22H28ClF2N3O3S2. The van der Waals surface area contributed by atoms with Crippen LogP contribution in [0.2, 0.25) is 4.34 Å². The van der Waals surface area contributed by atoms with Crippen molar-refractivity contribution in [3.63, 3.8) is 0 Å². The number of aromatic nitrogens is 3. The Morgan fingerprint density at radius 3 is 2.79 bits per heavy atom. The molecule has 1 saturated carbocycles. The summed E-state index contributed by atoms with van der Waals surface area (Å²) >= 11 is 8.93. The van der Waals surface area contributed by atoms with Gasteiger partial charge in [-0.3, -0.25) is 4.68 Å². The SMILES string of the molecule is CC(SC1COC(/C=C/c2ccc(Cl)s2)OC1)C(O)(Cn1cncn1)C1CCC(F)CC1F. The molecule has 2 aromatic rings. The minimum absolute atomic E-state index is 0.0290. The number of thiophene rings is 1.